The van der Waals surface area contributed by atoms with Crippen LogP contribution in [0.4, 0.5) is 5.82 Å². The van der Waals surface area contributed by atoms with Crippen molar-refractivity contribution in [2.75, 3.05) is 18.4 Å². The molecule has 0 radical (unpaired) electrons. The van der Waals surface area contributed by atoms with Crippen molar-refractivity contribution in [3.05, 3.63) is 23.7 Å². The molecule has 0 saturated heterocycles. The number of aromatic nitrogens is 1. The third-order valence-corrected chi connectivity index (χ3v) is 4.91. The Morgan fingerprint density at radius 3 is 3.11 bits per heavy atom. The highest BCUT2D eigenvalue weighted by Crippen LogP contribution is 2.32. The molecule has 3 N–H and O–H groups in total. The monoisotopic (exact) mass is 261 g/mol. The van der Waals surface area contributed by atoms with Crippen molar-refractivity contribution in [3.63, 3.8) is 0 Å². The summed E-state index contributed by atoms with van der Waals surface area (Å²) in [7, 11) is 0. The number of pyridine rings is 1. The molecule has 3 nitrogen and oxygen atoms in total. The predicted octanol–water partition coefficient (Wildman–Crippen LogP) is 3.08. The van der Waals surface area contributed by atoms with Crippen LogP contribution >= 0.6 is 11.3 Å². The Balaban J connectivity index is 1.71. The van der Waals surface area contributed by atoms with Crippen LogP contribution in [0.15, 0.2) is 23.7 Å². The minimum atomic E-state index is 0.694. The highest BCUT2D eigenvalue weighted by molar-refractivity contribution is 7.17. The van der Waals surface area contributed by atoms with E-state index in [2.05, 4.69) is 27.8 Å². The molecule has 0 aliphatic heterocycles. The molecule has 1 aliphatic carbocycles. The third-order valence-electron chi connectivity index (χ3n) is 4.03. The van der Waals surface area contributed by atoms with Gasteiger partial charge in [0.05, 0.1) is 0 Å². The second-order valence-electron chi connectivity index (χ2n) is 5.06. The molecular weight excluding hydrogens is 242 g/mol. The number of rotatable bonds is 4. The summed E-state index contributed by atoms with van der Waals surface area (Å²) in [5.41, 5.74) is 5.83. The Morgan fingerprint density at radius 1 is 1.33 bits per heavy atom. The molecule has 18 heavy (non-hydrogen) atoms. The molecule has 3 rings (SSSR count). The summed E-state index contributed by atoms with van der Waals surface area (Å²) < 4.78 is 1.30. The SMILES string of the molecule is NCC1CCCC1CNc1nccc2sccc12. The van der Waals surface area contributed by atoms with Crippen LogP contribution in [0.5, 0.6) is 0 Å². The fourth-order valence-electron chi connectivity index (χ4n) is 2.96. The Morgan fingerprint density at radius 2 is 2.22 bits per heavy atom. The number of nitrogens with one attached hydrogen (secondary N) is 1. The zero-order valence-electron chi connectivity index (χ0n) is 10.4. The molecule has 2 aromatic rings. The molecule has 0 amide bonds. The summed E-state index contributed by atoms with van der Waals surface area (Å²) >= 11 is 1.76. The third kappa shape index (κ3) is 2.22. The molecule has 2 aromatic heterocycles. The van der Waals surface area contributed by atoms with Crippen molar-refractivity contribution < 1.29 is 0 Å². The van der Waals surface area contributed by atoms with Gasteiger partial charge in [-0.05, 0) is 48.7 Å². The second kappa shape index (κ2) is 5.24. The van der Waals surface area contributed by atoms with Gasteiger partial charge in [0.25, 0.3) is 0 Å². The molecule has 2 unspecified atom stereocenters. The van der Waals surface area contributed by atoms with Crippen molar-refractivity contribution in [2.24, 2.45) is 17.6 Å². The minimum absolute atomic E-state index is 0.694. The van der Waals surface area contributed by atoms with Gasteiger partial charge in [-0.15, -0.1) is 11.3 Å². The second-order valence-corrected chi connectivity index (χ2v) is 6.01. The number of fused-ring (bicyclic) bond motifs is 1. The zero-order valence-corrected chi connectivity index (χ0v) is 11.2. The molecule has 2 atom stereocenters. The number of hydrogen-bond donors (Lipinski definition) is 2. The maximum atomic E-state index is 5.83. The fraction of sp³-hybridized carbons (Fsp3) is 0.500. The number of nitrogens with zero attached hydrogens (tertiary/aromatic N) is 1. The fourth-order valence-corrected chi connectivity index (χ4v) is 3.74. The average Bonchev–Trinajstić information content (AvgIpc) is 3.04. The molecule has 4 heteroatoms. The van der Waals surface area contributed by atoms with Crippen LogP contribution < -0.4 is 11.1 Å². The standard InChI is InChI=1S/C14H19N3S/c15-8-10-2-1-3-11(10)9-17-14-12-5-7-18-13(12)4-6-16-14/h4-7,10-11H,1-3,8-9,15H2,(H,16,17). The molecule has 2 heterocycles. The van der Waals surface area contributed by atoms with Crippen LogP contribution in [0.2, 0.25) is 0 Å². The summed E-state index contributed by atoms with van der Waals surface area (Å²) in [5, 5.41) is 6.88. The maximum absolute atomic E-state index is 5.83. The van der Waals surface area contributed by atoms with Crippen molar-refractivity contribution in [3.8, 4) is 0 Å². The number of anilines is 1. The highest BCUT2D eigenvalue weighted by atomic mass is 32.1. The van der Waals surface area contributed by atoms with E-state index in [0.29, 0.717) is 11.8 Å². The molecule has 1 fully saturated rings. The van der Waals surface area contributed by atoms with Gasteiger partial charge in [-0.3, -0.25) is 0 Å². The van der Waals surface area contributed by atoms with Crippen LogP contribution in [0.3, 0.4) is 0 Å². The van der Waals surface area contributed by atoms with E-state index in [0.717, 1.165) is 18.9 Å². The van der Waals surface area contributed by atoms with E-state index in [1.54, 1.807) is 11.3 Å². The van der Waals surface area contributed by atoms with Gasteiger partial charge >= 0.3 is 0 Å². The summed E-state index contributed by atoms with van der Waals surface area (Å²) in [6.07, 6.45) is 5.80. The topological polar surface area (TPSA) is 50.9 Å². The van der Waals surface area contributed by atoms with Gasteiger partial charge in [-0.25, -0.2) is 4.98 Å². The van der Waals surface area contributed by atoms with Gasteiger partial charge in [0.2, 0.25) is 0 Å². The Labute approximate surface area is 111 Å². The molecule has 96 valence electrons. The molecule has 1 saturated carbocycles. The van der Waals surface area contributed by atoms with Gasteiger partial charge in [0.15, 0.2) is 0 Å². The Hall–Kier alpha value is -1.13. The predicted molar refractivity (Wildman–Crippen MR) is 78.0 cm³/mol. The van der Waals surface area contributed by atoms with E-state index in [-0.39, 0.29) is 0 Å². The van der Waals surface area contributed by atoms with Crippen LogP contribution in [0, 0.1) is 11.8 Å². The molecular formula is C14H19N3S. The van der Waals surface area contributed by atoms with Crippen LogP contribution in [-0.2, 0) is 0 Å². The van der Waals surface area contributed by atoms with E-state index in [1.807, 2.05) is 6.20 Å². The van der Waals surface area contributed by atoms with E-state index < -0.39 is 0 Å². The first-order valence-corrected chi connectivity index (χ1v) is 7.52. The quantitative estimate of drug-likeness (QED) is 0.889. The van der Waals surface area contributed by atoms with Gasteiger partial charge in [0.1, 0.15) is 5.82 Å². The Kier molecular flexibility index (Phi) is 3.48. The first-order valence-electron chi connectivity index (χ1n) is 6.64. The summed E-state index contributed by atoms with van der Waals surface area (Å²) in [6, 6.07) is 4.22. The lowest BCUT2D eigenvalue weighted by atomic mass is 9.96. The van der Waals surface area contributed by atoms with Gasteiger partial charge in [-0.1, -0.05) is 6.42 Å². The van der Waals surface area contributed by atoms with Crippen molar-refractivity contribution >= 4 is 27.2 Å². The summed E-state index contributed by atoms with van der Waals surface area (Å²) in [5.74, 6) is 2.43. The number of thiophene rings is 1. The smallest absolute Gasteiger partial charge is 0.134 e. The van der Waals surface area contributed by atoms with E-state index in [4.69, 9.17) is 5.73 Å². The molecule has 1 aliphatic rings. The number of nitrogens with two attached hydrogens (primary N) is 1. The minimum Gasteiger partial charge on any atom is -0.369 e. The molecule has 0 aromatic carbocycles. The maximum Gasteiger partial charge on any atom is 0.134 e. The van der Waals surface area contributed by atoms with Gasteiger partial charge < -0.3 is 11.1 Å². The lowest BCUT2D eigenvalue weighted by molar-refractivity contribution is 0.414. The van der Waals surface area contributed by atoms with Gasteiger partial charge in [0, 0.05) is 22.8 Å². The summed E-state index contributed by atoms with van der Waals surface area (Å²) in [6.45, 7) is 1.83. The molecule has 0 spiro atoms. The van der Waals surface area contributed by atoms with Crippen LogP contribution in [0.1, 0.15) is 19.3 Å². The van der Waals surface area contributed by atoms with Crippen molar-refractivity contribution in [2.45, 2.75) is 19.3 Å². The molecule has 0 bridgehead atoms. The summed E-state index contributed by atoms with van der Waals surface area (Å²) in [4.78, 5) is 4.46. The van der Waals surface area contributed by atoms with E-state index in [1.165, 1.54) is 29.3 Å². The zero-order chi connectivity index (χ0) is 12.4. The highest BCUT2D eigenvalue weighted by Gasteiger charge is 2.25. The van der Waals surface area contributed by atoms with Crippen molar-refractivity contribution in [1.82, 2.24) is 4.98 Å². The lowest BCUT2D eigenvalue weighted by Crippen LogP contribution is -2.24. The first-order chi connectivity index (χ1) is 8.88. The lowest BCUT2D eigenvalue weighted by Gasteiger charge is -2.18. The van der Waals surface area contributed by atoms with Crippen LogP contribution in [0.25, 0.3) is 10.1 Å². The van der Waals surface area contributed by atoms with E-state index in [9.17, 15) is 0 Å². The van der Waals surface area contributed by atoms with Crippen LogP contribution in [-0.4, -0.2) is 18.1 Å². The van der Waals surface area contributed by atoms with Gasteiger partial charge in [-0.2, -0.15) is 0 Å². The average molecular weight is 261 g/mol. The number of hydrogen-bond acceptors (Lipinski definition) is 4. The van der Waals surface area contributed by atoms with E-state index >= 15 is 0 Å². The normalized spacial score (nSPS) is 23.6. The Bertz CT molecular complexity index is 522. The first kappa shape index (κ1) is 11.9. The van der Waals surface area contributed by atoms with Crippen molar-refractivity contribution in [1.29, 1.82) is 0 Å². The largest absolute Gasteiger partial charge is 0.369 e.